The lowest BCUT2D eigenvalue weighted by Crippen LogP contribution is -2.36. The Bertz CT molecular complexity index is 337. The van der Waals surface area contributed by atoms with Crippen molar-refractivity contribution in [3.63, 3.8) is 0 Å². The third kappa shape index (κ3) is 2.61. The Morgan fingerprint density at radius 3 is 2.80 bits per heavy atom. The second-order valence-corrected chi connectivity index (χ2v) is 4.00. The molecule has 0 bridgehead atoms. The van der Waals surface area contributed by atoms with Crippen LogP contribution >= 0.6 is 11.6 Å². The van der Waals surface area contributed by atoms with Crippen LogP contribution in [0, 0.1) is 0 Å². The Balaban J connectivity index is 2.22. The molecule has 0 N–H and O–H groups in total. The molecular formula is C11H15ClN2O. The van der Waals surface area contributed by atoms with E-state index in [2.05, 4.69) is 22.9 Å². The summed E-state index contributed by atoms with van der Waals surface area (Å²) in [6.07, 6.45) is 0.986. The molecule has 1 aromatic rings. The van der Waals surface area contributed by atoms with E-state index in [0.29, 0.717) is 5.15 Å². The molecule has 0 unspecified atom stereocenters. The van der Waals surface area contributed by atoms with Gasteiger partial charge in [-0.05, 0) is 24.1 Å². The van der Waals surface area contributed by atoms with E-state index in [1.54, 1.807) is 0 Å². The van der Waals surface area contributed by atoms with Gasteiger partial charge < -0.3 is 9.64 Å². The summed E-state index contributed by atoms with van der Waals surface area (Å²) in [5.74, 6) is 0.975. The first-order chi connectivity index (χ1) is 7.29. The molecule has 0 amide bonds. The van der Waals surface area contributed by atoms with Crippen LogP contribution in [-0.4, -0.2) is 31.3 Å². The fraction of sp³-hybridized carbons (Fsp3) is 0.545. The maximum atomic E-state index is 5.98. The van der Waals surface area contributed by atoms with E-state index in [9.17, 15) is 0 Å². The Morgan fingerprint density at radius 1 is 1.40 bits per heavy atom. The topological polar surface area (TPSA) is 25.4 Å². The van der Waals surface area contributed by atoms with Crippen molar-refractivity contribution < 1.29 is 4.74 Å². The molecule has 1 fully saturated rings. The third-order valence-electron chi connectivity index (χ3n) is 2.58. The van der Waals surface area contributed by atoms with Gasteiger partial charge in [0.25, 0.3) is 0 Å². The Labute approximate surface area is 95.0 Å². The molecule has 2 rings (SSSR count). The predicted molar refractivity (Wildman–Crippen MR) is 61.7 cm³/mol. The van der Waals surface area contributed by atoms with Crippen molar-refractivity contribution in [1.29, 1.82) is 0 Å². The van der Waals surface area contributed by atoms with Crippen LogP contribution < -0.4 is 4.90 Å². The summed E-state index contributed by atoms with van der Waals surface area (Å²) in [6.45, 7) is 5.47. The van der Waals surface area contributed by atoms with Gasteiger partial charge in [0.15, 0.2) is 0 Å². The Hall–Kier alpha value is -0.800. The van der Waals surface area contributed by atoms with E-state index >= 15 is 0 Å². The lowest BCUT2D eigenvalue weighted by molar-refractivity contribution is 0.122. The van der Waals surface area contributed by atoms with Gasteiger partial charge in [0.05, 0.1) is 13.2 Å². The van der Waals surface area contributed by atoms with Crippen molar-refractivity contribution in [2.75, 3.05) is 31.2 Å². The molecule has 0 atom stereocenters. The van der Waals surface area contributed by atoms with Crippen molar-refractivity contribution in [3.05, 3.63) is 22.8 Å². The largest absolute Gasteiger partial charge is 0.378 e. The fourth-order valence-electron chi connectivity index (χ4n) is 1.69. The highest BCUT2D eigenvalue weighted by atomic mass is 35.5. The van der Waals surface area contributed by atoms with Crippen LogP contribution in [0.2, 0.25) is 5.15 Å². The van der Waals surface area contributed by atoms with Gasteiger partial charge >= 0.3 is 0 Å². The van der Waals surface area contributed by atoms with Crippen LogP contribution in [-0.2, 0) is 11.2 Å². The number of pyridine rings is 1. The molecular weight excluding hydrogens is 212 g/mol. The quantitative estimate of drug-likeness (QED) is 0.723. The second kappa shape index (κ2) is 4.81. The summed E-state index contributed by atoms with van der Waals surface area (Å²) < 4.78 is 5.31. The summed E-state index contributed by atoms with van der Waals surface area (Å²) in [7, 11) is 0. The average Bonchev–Trinajstić information content (AvgIpc) is 2.29. The van der Waals surface area contributed by atoms with Crippen LogP contribution in [0.5, 0.6) is 0 Å². The molecule has 15 heavy (non-hydrogen) atoms. The van der Waals surface area contributed by atoms with Gasteiger partial charge in [-0.2, -0.15) is 0 Å². The second-order valence-electron chi connectivity index (χ2n) is 3.61. The zero-order chi connectivity index (χ0) is 10.7. The number of rotatable bonds is 2. The lowest BCUT2D eigenvalue weighted by Gasteiger charge is -2.28. The van der Waals surface area contributed by atoms with E-state index in [4.69, 9.17) is 16.3 Å². The number of ether oxygens (including phenoxy) is 1. The van der Waals surface area contributed by atoms with Crippen molar-refractivity contribution in [2.45, 2.75) is 13.3 Å². The summed E-state index contributed by atoms with van der Waals surface area (Å²) in [6, 6.07) is 4.03. The van der Waals surface area contributed by atoms with Gasteiger partial charge in [-0.3, -0.25) is 0 Å². The maximum Gasteiger partial charge on any atom is 0.131 e. The van der Waals surface area contributed by atoms with Crippen molar-refractivity contribution in [3.8, 4) is 0 Å². The predicted octanol–water partition coefficient (Wildman–Crippen LogP) is 2.13. The zero-order valence-electron chi connectivity index (χ0n) is 8.87. The minimum absolute atomic E-state index is 0.579. The molecule has 1 aliphatic rings. The van der Waals surface area contributed by atoms with E-state index < -0.39 is 0 Å². The minimum Gasteiger partial charge on any atom is -0.378 e. The first kappa shape index (κ1) is 10.7. The van der Waals surface area contributed by atoms with E-state index in [1.165, 1.54) is 5.56 Å². The van der Waals surface area contributed by atoms with Gasteiger partial charge in [0.1, 0.15) is 11.0 Å². The summed E-state index contributed by atoms with van der Waals surface area (Å²) in [5.41, 5.74) is 1.23. The number of anilines is 1. The molecule has 3 nitrogen and oxygen atoms in total. The van der Waals surface area contributed by atoms with Gasteiger partial charge in [-0.25, -0.2) is 4.98 Å². The average molecular weight is 227 g/mol. The fourth-order valence-corrected chi connectivity index (χ4v) is 1.92. The molecule has 1 aliphatic heterocycles. The number of aromatic nitrogens is 1. The van der Waals surface area contributed by atoms with E-state index in [1.807, 2.05) is 6.07 Å². The van der Waals surface area contributed by atoms with Crippen molar-refractivity contribution in [1.82, 2.24) is 4.98 Å². The van der Waals surface area contributed by atoms with Crippen LogP contribution in [0.15, 0.2) is 12.1 Å². The molecule has 1 saturated heterocycles. The Morgan fingerprint density at radius 2 is 2.13 bits per heavy atom. The zero-order valence-corrected chi connectivity index (χ0v) is 9.63. The molecule has 1 aromatic heterocycles. The number of aryl methyl sites for hydroxylation is 1. The van der Waals surface area contributed by atoms with Gasteiger partial charge in [-0.1, -0.05) is 18.5 Å². The Kier molecular flexibility index (Phi) is 3.44. The third-order valence-corrected chi connectivity index (χ3v) is 2.78. The highest BCUT2D eigenvalue weighted by Gasteiger charge is 2.13. The van der Waals surface area contributed by atoms with Crippen LogP contribution in [0.3, 0.4) is 0 Å². The number of nitrogens with zero attached hydrogens (tertiary/aromatic N) is 2. The summed E-state index contributed by atoms with van der Waals surface area (Å²) >= 11 is 5.98. The van der Waals surface area contributed by atoms with Crippen LogP contribution in [0.25, 0.3) is 0 Å². The SMILES string of the molecule is CCc1cc(Cl)nc(N2CCOCC2)c1. The number of hydrogen-bond acceptors (Lipinski definition) is 3. The van der Waals surface area contributed by atoms with E-state index in [0.717, 1.165) is 38.5 Å². The van der Waals surface area contributed by atoms with E-state index in [-0.39, 0.29) is 0 Å². The molecule has 0 radical (unpaired) electrons. The lowest BCUT2D eigenvalue weighted by atomic mass is 10.2. The molecule has 2 heterocycles. The first-order valence-electron chi connectivity index (χ1n) is 5.28. The summed E-state index contributed by atoms with van der Waals surface area (Å²) in [5, 5.41) is 0.579. The molecule has 82 valence electrons. The van der Waals surface area contributed by atoms with Crippen LogP contribution in [0.4, 0.5) is 5.82 Å². The standard InChI is InChI=1S/C11H15ClN2O/c1-2-9-7-10(12)13-11(8-9)14-3-5-15-6-4-14/h7-8H,2-6H2,1H3. The monoisotopic (exact) mass is 226 g/mol. The number of hydrogen-bond donors (Lipinski definition) is 0. The van der Waals surface area contributed by atoms with Crippen LogP contribution in [0.1, 0.15) is 12.5 Å². The molecule has 4 heteroatoms. The minimum atomic E-state index is 0.579. The molecule has 0 aliphatic carbocycles. The molecule has 0 aromatic carbocycles. The normalized spacial score (nSPS) is 16.8. The van der Waals surface area contributed by atoms with Gasteiger partial charge in [-0.15, -0.1) is 0 Å². The highest BCUT2D eigenvalue weighted by Crippen LogP contribution is 2.19. The van der Waals surface area contributed by atoms with Gasteiger partial charge in [0.2, 0.25) is 0 Å². The molecule has 0 saturated carbocycles. The summed E-state index contributed by atoms with van der Waals surface area (Å²) in [4.78, 5) is 6.56. The first-order valence-corrected chi connectivity index (χ1v) is 5.66. The van der Waals surface area contributed by atoms with Gasteiger partial charge in [0, 0.05) is 13.1 Å². The number of morpholine rings is 1. The number of halogens is 1. The highest BCUT2D eigenvalue weighted by molar-refractivity contribution is 6.29. The molecule has 0 spiro atoms. The van der Waals surface area contributed by atoms with Crippen molar-refractivity contribution >= 4 is 17.4 Å². The maximum absolute atomic E-state index is 5.98. The smallest absolute Gasteiger partial charge is 0.131 e. The van der Waals surface area contributed by atoms with Crippen molar-refractivity contribution in [2.24, 2.45) is 0 Å².